The Morgan fingerprint density at radius 3 is 2.81 bits per heavy atom. The third-order valence-electron chi connectivity index (χ3n) is 6.88. The van der Waals surface area contributed by atoms with E-state index in [9.17, 15) is 9.59 Å². The summed E-state index contributed by atoms with van der Waals surface area (Å²) in [7, 11) is 0. The first-order chi connectivity index (χ1) is 15.0. The molecule has 0 bridgehead atoms. The molecule has 1 aliphatic heterocycles. The third-order valence-corrected chi connectivity index (χ3v) is 6.88. The van der Waals surface area contributed by atoms with Gasteiger partial charge in [0.2, 0.25) is 5.91 Å². The van der Waals surface area contributed by atoms with E-state index in [1.807, 2.05) is 18.2 Å². The maximum atomic E-state index is 12.7. The first-order valence-corrected chi connectivity index (χ1v) is 11.5. The fourth-order valence-corrected chi connectivity index (χ4v) is 5.11. The van der Waals surface area contributed by atoms with Gasteiger partial charge >= 0.3 is 0 Å². The highest BCUT2D eigenvalue weighted by atomic mass is 16.2. The van der Waals surface area contributed by atoms with Crippen molar-refractivity contribution < 1.29 is 9.59 Å². The Morgan fingerprint density at radius 2 is 1.94 bits per heavy atom. The molecule has 2 aromatic rings. The predicted octanol–water partition coefficient (Wildman–Crippen LogP) is 3.63. The molecule has 2 amide bonds. The number of fused-ring (bicyclic) bond motifs is 1. The minimum Gasteiger partial charge on any atom is -0.352 e. The summed E-state index contributed by atoms with van der Waals surface area (Å²) in [4.78, 5) is 24.9. The van der Waals surface area contributed by atoms with Gasteiger partial charge in [-0.3, -0.25) is 15.0 Å². The number of hydrazine groups is 1. The molecule has 0 radical (unpaired) electrons. The number of hydrogen-bond acceptors (Lipinski definition) is 3. The zero-order chi connectivity index (χ0) is 21.8. The largest absolute Gasteiger partial charge is 0.352 e. The van der Waals surface area contributed by atoms with E-state index in [4.69, 9.17) is 0 Å². The maximum absolute atomic E-state index is 12.7. The van der Waals surface area contributed by atoms with E-state index in [0.717, 1.165) is 37.7 Å². The highest BCUT2D eigenvalue weighted by Crippen LogP contribution is 2.35. The lowest BCUT2D eigenvalue weighted by Gasteiger charge is -2.41. The number of carbonyl (C=O) groups excluding carboxylic acids is 2. The van der Waals surface area contributed by atoms with Gasteiger partial charge in [-0.1, -0.05) is 48.7 Å². The van der Waals surface area contributed by atoms with Crippen LogP contribution >= 0.6 is 0 Å². The van der Waals surface area contributed by atoms with Crippen LogP contribution in [0.5, 0.6) is 0 Å². The van der Waals surface area contributed by atoms with Gasteiger partial charge in [-0.05, 0) is 74.3 Å². The van der Waals surface area contributed by atoms with E-state index < -0.39 is 0 Å². The quantitative estimate of drug-likeness (QED) is 0.670. The van der Waals surface area contributed by atoms with Crippen molar-refractivity contribution >= 4 is 11.8 Å². The lowest BCUT2D eigenvalue weighted by molar-refractivity contribution is -0.133. The molecular weight excluding hydrogens is 386 g/mol. The average Bonchev–Trinajstić information content (AvgIpc) is 2.78. The Labute approximate surface area is 185 Å². The molecule has 3 atom stereocenters. The molecule has 2 aromatic carbocycles. The van der Waals surface area contributed by atoms with E-state index >= 15 is 0 Å². The van der Waals surface area contributed by atoms with Crippen LogP contribution in [0.4, 0.5) is 0 Å². The average molecular weight is 420 g/mol. The molecule has 2 aliphatic rings. The van der Waals surface area contributed by atoms with Crippen LogP contribution in [0, 0.1) is 25.7 Å². The molecule has 4 rings (SSSR count). The molecule has 1 saturated carbocycles. The van der Waals surface area contributed by atoms with Gasteiger partial charge in [-0.15, -0.1) is 0 Å². The number of rotatable bonds is 6. The Morgan fingerprint density at radius 1 is 1.10 bits per heavy atom. The van der Waals surface area contributed by atoms with E-state index in [-0.39, 0.29) is 23.8 Å². The van der Waals surface area contributed by atoms with Crippen molar-refractivity contribution in [2.24, 2.45) is 11.8 Å². The summed E-state index contributed by atoms with van der Waals surface area (Å²) in [5.74, 6) is 0.597. The summed E-state index contributed by atoms with van der Waals surface area (Å²) in [6.45, 7) is 4.82. The molecule has 0 spiro atoms. The van der Waals surface area contributed by atoms with Crippen molar-refractivity contribution in [3.05, 3.63) is 70.3 Å². The Balaban J connectivity index is 1.36. The summed E-state index contributed by atoms with van der Waals surface area (Å²) < 4.78 is 0. The predicted molar refractivity (Wildman–Crippen MR) is 123 cm³/mol. The molecule has 0 aromatic heterocycles. The van der Waals surface area contributed by atoms with Crippen molar-refractivity contribution in [3.8, 4) is 0 Å². The second-order valence-electron chi connectivity index (χ2n) is 9.14. The van der Waals surface area contributed by atoms with Crippen LogP contribution in [-0.2, 0) is 17.6 Å². The van der Waals surface area contributed by atoms with Crippen LogP contribution in [-0.4, -0.2) is 24.4 Å². The van der Waals surface area contributed by atoms with Crippen LogP contribution < -0.4 is 16.2 Å². The Kier molecular flexibility index (Phi) is 6.71. The van der Waals surface area contributed by atoms with Crippen molar-refractivity contribution in [2.45, 2.75) is 58.4 Å². The first kappa shape index (κ1) is 21.6. The van der Waals surface area contributed by atoms with Gasteiger partial charge < -0.3 is 5.32 Å². The topological polar surface area (TPSA) is 70.2 Å². The minimum atomic E-state index is -0.0346. The molecular formula is C26H33N3O2. The monoisotopic (exact) mass is 419 g/mol. The SMILES string of the molecule is Cc1ccc(C)c(CCNC(=O)c2cccc(CC3NNC(=O)C4CCCCC34)c2)c1. The molecule has 2 fully saturated rings. The van der Waals surface area contributed by atoms with Crippen molar-refractivity contribution in [2.75, 3.05) is 6.54 Å². The second kappa shape index (κ2) is 9.65. The number of nitrogens with one attached hydrogen (secondary N) is 3. The van der Waals surface area contributed by atoms with Gasteiger partial charge in [0.05, 0.1) is 0 Å². The summed E-state index contributed by atoms with van der Waals surface area (Å²) in [6.07, 6.45) is 6.04. The molecule has 1 aliphatic carbocycles. The van der Waals surface area contributed by atoms with Gasteiger partial charge in [0.15, 0.2) is 0 Å². The number of benzene rings is 2. The van der Waals surface area contributed by atoms with Gasteiger partial charge in [-0.2, -0.15) is 0 Å². The third kappa shape index (κ3) is 5.16. The molecule has 3 unspecified atom stereocenters. The number of carbonyl (C=O) groups is 2. The number of hydrogen-bond donors (Lipinski definition) is 3. The zero-order valence-corrected chi connectivity index (χ0v) is 18.5. The Bertz CT molecular complexity index is 955. The van der Waals surface area contributed by atoms with Crippen molar-refractivity contribution in [1.82, 2.24) is 16.2 Å². The molecule has 1 saturated heterocycles. The van der Waals surface area contributed by atoms with Crippen LogP contribution in [0.1, 0.15) is 58.3 Å². The fraction of sp³-hybridized carbons (Fsp3) is 0.462. The maximum Gasteiger partial charge on any atom is 0.251 e. The molecule has 5 nitrogen and oxygen atoms in total. The van der Waals surface area contributed by atoms with Crippen LogP contribution in [0.2, 0.25) is 0 Å². The number of amides is 2. The van der Waals surface area contributed by atoms with E-state index in [1.54, 1.807) is 0 Å². The number of aryl methyl sites for hydroxylation is 2. The van der Waals surface area contributed by atoms with Crippen LogP contribution in [0.25, 0.3) is 0 Å². The smallest absolute Gasteiger partial charge is 0.251 e. The highest BCUT2D eigenvalue weighted by Gasteiger charge is 2.39. The summed E-state index contributed by atoms with van der Waals surface area (Å²) in [5, 5.41) is 3.06. The second-order valence-corrected chi connectivity index (χ2v) is 9.14. The standard InChI is InChI=1S/C26H33N3O2/c1-17-10-11-18(2)20(14-17)12-13-27-25(30)21-7-5-6-19(15-21)16-24-22-8-3-4-9-23(22)26(31)29-28-24/h5-7,10-11,14-15,22-24,28H,3-4,8-9,12-13,16H2,1-2H3,(H,27,30)(H,29,31). The molecule has 1 heterocycles. The lowest BCUT2D eigenvalue weighted by Crippen LogP contribution is -2.60. The van der Waals surface area contributed by atoms with Gasteiger partial charge in [0.25, 0.3) is 5.91 Å². The summed E-state index contributed by atoms with van der Waals surface area (Å²) in [5.41, 5.74) is 11.7. The summed E-state index contributed by atoms with van der Waals surface area (Å²) in [6, 6.07) is 14.5. The molecule has 31 heavy (non-hydrogen) atoms. The fourth-order valence-electron chi connectivity index (χ4n) is 5.11. The minimum absolute atomic E-state index is 0.0346. The normalized spacial score (nSPS) is 23.0. The summed E-state index contributed by atoms with van der Waals surface area (Å²) >= 11 is 0. The molecule has 164 valence electrons. The first-order valence-electron chi connectivity index (χ1n) is 11.5. The zero-order valence-electron chi connectivity index (χ0n) is 18.5. The van der Waals surface area contributed by atoms with Gasteiger partial charge in [0.1, 0.15) is 0 Å². The Hall–Kier alpha value is -2.66. The highest BCUT2D eigenvalue weighted by molar-refractivity contribution is 5.94. The van der Waals surface area contributed by atoms with Gasteiger partial charge in [-0.25, -0.2) is 5.43 Å². The van der Waals surface area contributed by atoms with Crippen LogP contribution in [0.3, 0.4) is 0 Å². The van der Waals surface area contributed by atoms with Crippen molar-refractivity contribution in [1.29, 1.82) is 0 Å². The van der Waals surface area contributed by atoms with Gasteiger partial charge in [0, 0.05) is 24.1 Å². The van der Waals surface area contributed by atoms with E-state index in [0.29, 0.717) is 18.0 Å². The van der Waals surface area contributed by atoms with E-state index in [1.165, 1.54) is 23.1 Å². The molecule has 3 N–H and O–H groups in total. The lowest BCUT2D eigenvalue weighted by atomic mass is 9.72. The molecule has 5 heteroatoms. The van der Waals surface area contributed by atoms with Crippen molar-refractivity contribution in [3.63, 3.8) is 0 Å². The van der Waals surface area contributed by atoms with Crippen LogP contribution in [0.15, 0.2) is 42.5 Å². The van der Waals surface area contributed by atoms with E-state index in [2.05, 4.69) is 54.3 Å².